The fourth-order valence-corrected chi connectivity index (χ4v) is 2.59. The van der Waals surface area contributed by atoms with Gasteiger partial charge < -0.3 is 13.9 Å². The summed E-state index contributed by atoms with van der Waals surface area (Å²) in [5.41, 5.74) is 3.38. The summed E-state index contributed by atoms with van der Waals surface area (Å²) < 4.78 is 15.6. The average Bonchev–Trinajstić information content (AvgIpc) is 3.02. The quantitative estimate of drug-likeness (QED) is 0.809. The molecule has 1 aromatic carbocycles. The Morgan fingerprint density at radius 1 is 1.14 bits per heavy atom. The van der Waals surface area contributed by atoms with Crippen molar-refractivity contribution >= 4 is 11.9 Å². The standard InChI is InChI=1S/C17H16O4/c1-19-15-8-12-3-4-13(7-11-5-6-21-10-11)17(18)14(12)9-16(15)20-2/h5-10H,3-4H2,1-2H3. The van der Waals surface area contributed by atoms with Crippen molar-refractivity contribution in [1.82, 2.24) is 0 Å². The minimum Gasteiger partial charge on any atom is -0.493 e. The molecule has 0 fully saturated rings. The maximum atomic E-state index is 12.6. The summed E-state index contributed by atoms with van der Waals surface area (Å²) in [6.45, 7) is 0. The van der Waals surface area contributed by atoms with Crippen LogP contribution < -0.4 is 9.47 Å². The van der Waals surface area contributed by atoms with E-state index in [4.69, 9.17) is 13.9 Å². The molecule has 1 aliphatic carbocycles. The average molecular weight is 284 g/mol. The van der Waals surface area contributed by atoms with Gasteiger partial charge in [0.15, 0.2) is 17.3 Å². The molecule has 0 N–H and O–H groups in total. The number of hydrogen-bond acceptors (Lipinski definition) is 4. The van der Waals surface area contributed by atoms with Crippen LogP contribution in [0.25, 0.3) is 6.08 Å². The predicted octanol–water partition coefficient (Wildman–Crippen LogP) is 3.51. The van der Waals surface area contributed by atoms with Gasteiger partial charge >= 0.3 is 0 Å². The van der Waals surface area contributed by atoms with E-state index >= 15 is 0 Å². The molecule has 4 nitrogen and oxygen atoms in total. The number of carbonyl (C=O) groups is 1. The van der Waals surface area contributed by atoms with Gasteiger partial charge in [0.2, 0.25) is 0 Å². The van der Waals surface area contributed by atoms with E-state index in [1.807, 2.05) is 18.2 Å². The lowest BCUT2D eigenvalue weighted by molar-refractivity contribution is 0.102. The molecule has 1 aliphatic rings. The molecule has 0 radical (unpaired) electrons. The Kier molecular flexibility index (Phi) is 3.52. The maximum absolute atomic E-state index is 12.6. The third-order valence-corrected chi connectivity index (χ3v) is 3.69. The molecule has 3 rings (SSSR count). The van der Waals surface area contributed by atoms with Gasteiger partial charge in [-0.15, -0.1) is 0 Å². The van der Waals surface area contributed by atoms with Gasteiger partial charge in [-0.25, -0.2) is 0 Å². The number of ketones is 1. The lowest BCUT2D eigenvalue weighted by atomic mass is 9.86. The summed E-state index contributed by atoms with van der Waals surface area (Å²) in [6.07, 6.45) is 6.63. The van der Waals surface area contributed by atoms with E-state index in [1.165, 1.54) is 0 Å². The smallest absolute Gasteiger partial charge is 0.189 e. The third kappa shape index (κ3) is 2.44. The Morgan fingerprint density at radius 3 is 2.57 bits per heavy atom. The minimum atomic E-state index is 0.0402. The first kappa shape index (κ1) is 13.5. The molecule has 1 heterocycles. The van der Waals surface area contributed by atoms with Gasteiger partial charge in [0, 0.05) is 16.7 Å². The third-order valence-electron chi connectivity index (χ3n) is 3.69. The van der Waals surface area contributed by atoms with E-state index in [1.54, 1.807) is 32.8 Å². The monoisotopic (exact) mass is 284 g/mol. The van der Waals surface area contributed by atoms with Crippen molar-refractivity contribution in [1.29, 1.82) is 0 Å². The van der Waals surface area contributed by atoms with Crippen LogP contribution in [-0.2, 0) is 6.42 Å². The van der Waals surface area contributed by atoms with Crippen LogP contribution in [0.2, 0.25) is 0 Å². The largest absolute Gasteiger partial charge is 0.493 e. The Labute approximate surface area is 123 Å². The fraction of sp³-hybridized carbons (Fsp3) is 0.235. The number of aryl methyl sites for hydroxylation is 1. The van der Waals surface area contributed by atoms with E-state index in [0.29, 0.717) is 23.5 Å². The number of methoxy groups -OCH3 is 2. The second-order valence-corrected chi connectivity index (χ2v) is 4.92. The maximum Gasteiger partial charge on any atom is 0.189 e. The van der Waals surface area contributed by atoms with Crippen LogP contribution in [0, 0.1) is 0 Å². The van der Waals surface area contributed by atoms with Crippen LogP contribution in [0.3, 0.4) is 0 Å². The molecule has 0 bridgehead atoms. The molecule has 0 spiro atoms. The number of furan rings is 1. The van der Waals surface area contributed by atoms with Crippen LogP contribution in [0.15, 0.2) is 40.7 Å². The van der Waals surface area contributed by atoms with Gasteiger partial charge in [-0.3, -0.25) is 4.79 Å². The molecule has 2 aromatic rings. The number of carbonyl (C=O) groups excluding carboxylic acids is 1. The number of allylic oxidation sites excluding steroid dienone is 1. The van der Waals surface area contributed by atoms with Gasteiger partial charge in [-0.05, 0) is 42.7 Å². The highest BCUT2D eigenvalue weighted by Crippen LogP contribution is 2.35. The highest BCUT2D eigenvalue weighted by Gasteiger charge is 2.24. The van der Waals surface area contributed by atoms with Crippen LogP contribution in [-0.4, -0.2) is 20.0 Å². The molecule has 0 atom stereocenters. The summed E-state index contributed by atoms with van der Waals surface area (Å²) in [7, 11) is 3.17. The summed E-state index contributed by atoms with van der Waals surface area (Å²) in [5.74, 6) is 1.28. The number of rotatable bonds is 3. The zero-order valence-corrected chi connectivity index (χ0v) is 12.0. The van der Waals surface area contributed by atoms with E-state index in [-0.39, 0.29) is 5.78 Å². The van der Waals surface area contributed by atoms with Gasteiger partial charge in [-0.1, -0.05) is 0 Å². The van der Waals surface area contributed by atoms with Crippen LogP contribution in [0.5, 0.6) is 11.5 Å². The number of hydrogen-bond donors (Lipinski definition) is 0. The minimum absolute atomic E-state index is 0.0402. The SMILES string of the molecule is COc1cc2c(cc1OC)C(=O)C(=Cc1ccoc1)CC2. The number of fused-ring (bicyclic) bond motifs is 1. The molecule has 108 valence electrons. The van der Waals surface area contributed by atoms with E-state index in [9.17, 15) is 4.79 Å². The second kappa shape index (κ2) is 5.48. The van der Waals surface area contributed by atoms with Crippen molar-refractivity contribution in [3.05, 3.63) is 53.0 Å². The summed E-state index contributed by atoms with van der Waals surface area (Å²) in [4.78, 5) is 12.6. The van der Waals surface area contributed by atoms with Crippen molar-refractivity contribution in [2.75, 3.05) is 14.2 Å². The molecule has 21 heavy (non-hydrogen) atoms. The molecule has 0 aliphatic heterocycles. The summed E-state index contributed by atoms with van der Waals surface area (Å²) in [5, 5.41) is 0. The molecular weight excluding hydrogens is 268 g/mol. The topological polar surface area (TPSA) is 48.7 Å². The van der Waals surface area contributed by atoms with Crippen molar-refractivity contribution < 1.29 is 18.7 Å². The lowest BCUT2D eigenvalue weighted by Gasteiger charge is -2.19. The fourth-order valence-electron chi connectivity index (χ4n) is 2.59. The zero-order valence-electron chi connectivity index (χ0n) is 12.0. The van der Waals surface area contributed by atoms with Gasteiger partial charge in [0.25, 0.3) is 0 Å². The van der Waals surface area contributed by atoms with Crippen molar-refractivity contribution in [3.8, 4) is 11.5 Å². The highest BCUT2D eigenvalue weighted by molar-refractivity contribution is 6.13. The Bertz CT molecular complexity index is 696. The van der Waals surface area contributed by atoms with E-state index in [0.717, 1.165) is 23.1 Å². The Balaban J connectivity index is 2.01. The zero-order chi connectivity index (χ0) is 14.8. The molecule has 0 unspecified atom stereocenters. The summed E-state index contributed by atoms with van der Waals surface area (Å²) in [6, 6.07) is 5.49. The van der Waals surface area contributed by atoms with Crippen molar-refractivity contribution in [3.63, 3.8) is 0 Å². The van der Waals surface area contributed by atoms with E-state index in [2.05, 4.69) is 0 Å². The van der Waals surface area contributed by atoms with Crippen molar-refractivity contribution in [2.45, 2.75) is 12.8 Å². The van der Waals surface area contributed by atoms with Gasteiger partial charge in [0.05, 0.1) is 26.7 Å². The molecule has 0 amide bonds. The molecule has 0 saturated heterocycles. The van der Waals surface area contributed by atoms with E-state index < -0.39 is 0 Å². The molecular formula is C17H16O4. The van der Waals surface area contributed by atoms with Crippen LogP contribution in [0.1, 0.15) is 27.9 Å². The Morgan fingerprint density at radius 2 is 1.90 bits per heavy atom. The predicted molar refractivity (Wildman–Crippen MR) is 78.9 cm³/mol. The first-order chi connectivity index (χ1) is 10.2. The highest BCUT2D eigenvalue weighted by atomic mass is 16.5. The van der Waals surface area contributed by atoms with Gasteiger partial charge in [0.1, 0.15) is 0 Å². The molecule has 1 aromatic heterocycles. The Hall–Kier alpha value is -2.49. The normalized spacial score (nSPS) is 15.9. The number of benzene rings is 1. The first-order valence-electron chi connectivity index (χ1n) is 6.75. The van der Waals surface area contributed by atoms with Crippen LogP contribution in [0.4, 0.5) is 0 Å². The van der Waals surface area contributed by atoms with Crippen LogP contribution >= 0.6 is 0 Å². The van der Waals surface area contributed by atoms with Crippen molar-refractivity contribution in [2.24, 2.45) is 0 Å². The second-order valence-electron chi connectivity index (χ2n) is 4.92. The molecule has 0 saturated carbocycles. The number of Topliss-reactive ketones (excluding diaryl/α,β-unsaturated/α-hetero) is 1. The van der Waals surface area contributed by atoms with Gasteiger partial charge in [-0.2, -0.15) is 0 Å². The number of ether oxygens (including phenoxy) is 2. The first-order valence-corrected chi connectivity index (χ1v) is 6.75. The lowest BCUT2D eigenvalue weighted by Crippen LogP contribution is -2.14. The molecule has 4 heteroatoms. The summed E-state index contributed by atoms with van der Waals surface area (Å²) >= 11 is 0.